The predicted octanol–water partition coefficient (Wildman–Crippen LogP) is 4.02. The third-order valence-corrected chi connectivity index (χ3v) is 8.33. The van der Waals surface area contributed by atoms with Crippen LogP contribution in [0.2, 0.25) is 0 Å². The van der Waals surface area contributed by atoms with E-state index in [4.69, 9.17) is 15.2 Å². The van der Waals surface area contributed by atoms with Gasteiger partial charge in [0.25, 0.3) is 5.91 Å². The van der Waals surface area contributed by atoms with Crippen molar-refractivity contribution < 1.29 is 19.1 Å². The van der Waals surface area contributed by atoms with Crippen LogP contribution in [0.15, 0.2) is 48.5 Å². The van der Waals surface area contributed by atoms with Crippen LogP contribution in [0.1, 0.15) is 48.4 Å². The van der Waals surface area contributed by atoms with Gasteiger partial charge in [-0.1, -0.05) is 30.3 Å². The van der Waals surface area contributed by atoms with Gasteiger partial charge in [-0.05, 0) is 61.9 Å². The van der Waals surface area contributed by atoms with Crippen LogP contribution in [0.25, 0.3) is 10.9 Å². The van der Waals surface area contributed by atoms with Gasteiger partial charge in [0.2, 0.25) is 5.91 Å². The van der Waals surface area contributed by atoms with Gasteiger partial charge in [0.1, 0.15) is 6.61 Å². The molecule has 2 saturated heterocycles. The fraction of sp³-hybridized carbons (Fsp3) is 0.500. The van der Waals surface area contributed by atoms with Gasteiger partial charge >= 0.3 is 0 Å². The second-order valence-corrected chi connectivity index (χ2v) is 11.1. The average Bonchev–Trinajstić information content (AvgIpc) is 3.25. The number of nitrogens with two attached hydrogens (primary N) is 1. The smallest absolute Gasteiger partial charge is 0.253 e. The van der Waals surface area contributed by atoms with Gasteiger partial charge in [-0.25, -0.2) is 0 Å². The summed E-state index contributed by atoms with van der Waals surface area (Å²) in [7, 11) is 1.75. The summed E-state index contributed by atoms with van der Waals surface area (Å²) in [5, 5.41) is 1.30. The van der Waals surface area contributed by atoms with E-state index in [1.165, 1.54) is 22.2 Å². The number of methoxy groups -OCH3 is 1. The number of fused-ring (bicyclic) bond motifs is 1. The second-order valence-electron chi connectivity index (χ2n) is 11.1. The summed E-state index contributed by atoms with van der Waals surface area (Å²) in [6.07, 6.45) is 3.97. The Morgan fingerprint density at radius 3 is 2.73 bits per heavy atom. The number of morpholine rings is 1. The highest BCUT2D eigenvalue weighted by Crippen LogP contribution is 2.36. The van der Waals surface area contributed by atoms with Crippen LogP contribution >= 0.6 is 0 Å². The number of benzene rings is 2. The third kappa shape index (κ3) is 6.24. The Hall–Kier alpha value is -3.20. The number of hydrogen-bond donors (Lipinski definition) is 1. The van der Waals surface area contributed by atoms with Gasteiger partial charge < -0.3 is 29.6 Å². The topological polar surface area (TPSA) is 90.0 Å². The fourth-order valence-electron chi connectivity index (χ4n) is 6.39. The van der Waals surface area contributed by atoms with E-state index < -0.39 is 0 Å². The Kier molecular flexibility index (Phi) is 9.19. The summed E-state index contributed by atoms with van der Waals surface area (Å²) in [4.78, 5) is 29.3. The maximum Gasteiger partial charge on any atom is 0.253 e. The quantitative estimate of drug-likeness (QED) is 0.388. The van der Waals surface area contributed by atoms with Crippen LogP contribution in [-0.2, 0) is 32.0 Å². The number of piperidine rings is 1. The van der Waals surface area contributed by atoms with Gasteiger partial charge in [-0.15, -0.1) is 0 Å². The molecule has 2 aliphatic rings. The van der Waals surface area contributed by atoms with Crippen molar-refractivity contribution in [2.24, 2.45) is 5.73 Å². The molecule has 2 aliphatic heterocycles. The van der Waals surface area contributed by atoms with E-state index in [1.54, 1.807) is 12.0 Å². The Morgan fingerprint density at radius 1 is 1.15 bits per heavy atom. The number of aromatic nitrogens is 1. The van der Waals surface area contributed by atoms with Crippen LogP contribution in [0.5, 0.6) is 0 Å². The Bertz CT molecular complexity index is 1320. The zero-order valence-corrected chi connectivity index (χ0v) is 23.8. The highest BCUT2D eigenvalue weighted by molar-refractivity contribution is 5.94. The SMILES string of the molecule is COCCCn1c(C2CCCN(C(=O)C[C@H](N)Cc3ccc(N4CCOCC4=O)cc3)C2)c(C)c2ccccc21. The van der Waals surface area contributed by atoms with Crippen molar-refractivity contribution in [3.05, 3.63) is 65.4 Å². The van der Waals surface area contributed by atoms with E-state index in [9.17, 15) is 9.59 Å². The van der Waals surface area contributed by atoms with E-state index in [0.29, 0.717) is 31.9 Å². The molecule has 2 N–H and O–H groups in total. The summed E-state index contributed by atoms with van der Waals surface area (Å²) in [5.41, 5.74) is 12.4. The van der Waals surface area contributed by atoms with E-state index in [1.807, 2.05) is 29.2 Å². The first-order valence-electron chi connectivity index (χ1n) is 14.5. The second kappa shape index (κ2) is 13.0. The zero-order valence-electron chi connectivity index (χ0n) is 23.8. The number of aryl methyl sites for hydroxylation is 2. The molecule has 3 heterocycles. The first kappa shape index (κ1) is 28.3. The maximum atomic E-state index is 13.4. The van der Waals surface area contributed by atoms with Gasteiger partial charge in [0, 0.05) is 80.6 Å². The van der Waals surface area contributed by atoms with Crippen molar-refractivity contribution >= 4 is 28.4 Å². The molecule has 1 aromatic heterocycles. The first-order valence-corrected chi connectivity index (χ1v) is 14.5. The molecule has 0 aliphatic carbocycles. The van der Waals surface area contributed by atoms with Crippen LogP contribution < -0.4 is 10.6 Å². The summed E-state index contributed by atoms with van der Waals surface area (Å²) in [5.74, 6) is 0.415. The number of anilines is 1. The molecule has 2 fully saturated rings. The molecule has 214 valence electrons. The van der Waals surface area contributed by atoms with E-state index in [2.05, 4.69) is 35.8 Å². The number of amides is 2. The van der Waals surface area contributed by atoms with Crippen molar-refractivity contribution in [3.63, 3.8) is 0 Å². The molecule has 0 saturated carbocycles. The molecule has 2 aromatic carbocycles. The minimum Gasteiger partial charge on any atom is -0.385 e. The number of para-hydroxylation sites is 1. The molecule has 1 unspecified atom stereocenters. The molecule has 5 rings (SSSR count). The van der Waals surface area contributed by atoms with Gasteiger partial charge in [-0.2, -0.15) is 0 Å². The minimum absolute atomic E-state index is 0.0216. The highest BCUT2D eigenvalue weighted by Gasteiger charge is 2.30. The molecule has 8 nitrogen and oxygen atoms in total. The average molecular weight is 547 g/mol. The summed E-state index contributed by atoms with van der Waals surface area (Å²) in [6, 6.07) is 16.3. The van der Waals surface area contributed by atoms with Gasteiger partial charge in [0.15, 0.2) is 0 Å². The van der Waals surface area contributed by atoms with Crippen LogP contribution in [0.4, 0.5) is 5.69 Å². The molecule has 2 amide bonds. The Morgan fingerprint density at radius 2 is 1.95 bits per heavy atom. The molecule has 0 bridgehead atoms. The number of hydrogen-bond acceptors (Lipinski definition) is 5. The van der Waals surface area contributed by atoms with Crippen LogP contribution in [0, 0.1) is 6.92 Å². The van der Waals surface area contributed by atoms with Crippen molar-refractivity contribution in [1.82, 2.24) is 9.47 Å². The molecule has 0 radical (unpaired) electrons. The van der Waals surface area contributed by atoms with Crippen LogP contribution in [0.3, 0.4) is 0 Å². The molecule has 0 spiro atoms. The minimum atomic E-state index is -0.258. The van der Waals surface area contributed by atoms with E-state index in [0.717, 1.165) is 56.8 Å². The van der Waals surface area contributed by atoms with Crippen LogP contribution in [-0.4, -0.2) is 73.9 Å². The van der Waals surface area contributed by atoms with Crippen molar-refractivity contribution in [2.75, 3.05) is 51.5 Å². The lowest BCUT2D eigenvalue weighted by atomic mass is 9.91. The Labute approximate surface area is 237 Å². The summed E-state index contributed by atoms with van der Waals surface area (Å²) in [6.45, 7) is 6.62. The van der Waals surface area contributed by atoms with Gasteiger partial charge in [0.05, 0.1) is 6.61 Å². The van der Waals surface area contributed by atoms with Gasteiger partial charge in [-0.3, -0.25) is 9.59 Å². The number of nitrogens with zero attached hydrogens (tertiary/aromatic N) is 3. The van der Waals surface area contributed by atoms with E-state index in [-0.39, 0.29) is 24.5 Å². The van der Waals surface area contributed by atoms with Crippen molar-refractivity contribution in [2.45, 2.75) is 57.5 Å². The first-order chi connectivity index (χ1) is 19.5. The molecule has 8 heteroatoms. The largest absolute Gasteiger partial charge is 0.385 e. The lowest BCUT2D eigenvalue weighted by Crippen LogP contribution is -2.42. The number of likely N-dealkylation sites (tertiary alicyclic amines) is 1. The standard InChI is InChI=1S/C32H42N4O4/c1-23-28-8-3-4-9-29(28)36(15-6-17-39-2)32(23)25-7-5-14-34(21-25)30(37)20-26(33)19-24-10-12-27(13-11-24)35-16-18-40-22-31(35)38/h3-4,8-13,25-26H,5-7,14-22,33H2,1-2H3/t25?,26-/m1/s1. The Balaban J connectivity index is 1.22. The predicted molar refractivity (Wildman–Crippen MR) is 158 cm³/mol. The molecule has 40 heavy (non-hydrogen) atoms. The summed E-state index contributed by atoms with van der Waals surface area (Å²) >= 11 is 0. The normalized spacial score (nSPS) is 18.9. The summed E-state index contributed by atoms with van der Waals surface area (Å²) < 4.78 is 13.0. The molecular formula is C32H42N4O4. The number of ether oxygens (including phenoxy) is 2. The molecular weight excluding hydrogens is 504 g/mol. The maximum absolute atomic E-state index is 13.4. The molecule has 3 aromatic rings. The fourth-order valence-corrected chi connectivity index (χ4v) is 6.39. The zero-order chi connectivity index (χ0) is 28.1. The van der Waals surface area contributed by atoms with Crippen molar-refractivity contribution in [1.29, 1.82) is 0 Å². The lowest BCUT2D eigenvalue weighted by molar-refractivity contribution is -0.132. The monoisotopic (exact) mass is 546 g/mol. The van der Waals surface area contributed by atoms with Crippen molar-refractivity contribution in [3.8, 4) is 0 Å². The highest BCUT2D eigenvalue weighted by atomic mass is 16.5. The number of carbonyl (C=O) groups is 2. The lowest BCUT2D eigenvalue weighted by Gasteiger charge is -2.34. The third-order valence-electron chi connectivity index (χ3n) is 8.33. The van der Waals surface area contributed by atoms with E-state index >= 15 is 0 Å². The molecule has 2 atom stereocenters. The number of carbonyl (C=O) groups excluding carboxylic acids is 2. The number of rotatable bonds is 10.